The van der Waals surface area contributed by atoms with E-state index in [0.717, 1.165) is 5.56 Å². The second kappa shape index (κ2) is 5.15. The van der Waals surface area contributed by atoms with Crippen molar-refractivity contribution >= 4 is 12.6 Å². The Labute approximate surface area is 104 Å². The second-order valence-electron chi connectivity index (χ2n) is 3.90. The van der Waals surface area contributed by atoms with E-state index in [0.29, 0.717) is 17.0 Å². The monoisotopic (exact) mass is 248 g/mol. The molecule has 0 aliphatic rings. The van der Waals surface area contributed by atoms with Gasteiger partial charge in [0.1, 0.15) is 5.75 Å². The SMILES string of the molecule is Cc1ccc(OCc2nnn(C)n2)c(B(O)O)c1. The van der Waals surface area contributed by atoms with E-state index in [1.165, 1.54) is 4.80 Å². The normalized spacial score (nSPS) is 10.4. The van der Waals surface area contributed by atoms with Gasteiger partial charge < -0.3 is 14.8 Å². The van der Waals surface area contributed by atoms with E-state index >= 15 is 0 Å². The van der Waals surface area contributed by atoms with Crippen LogP contribution in [0.3, 0.4) is 0 Å². The summed E-state index contributed by atoms with van der Waals surface area (Å²) in [6.45, 7) is 1.98. The molecule has 18 heavy (non-hydrogen) atoms. The first-order valence-electron chi connectivity index (χ1n) is 5.38. The molecule has 0 radical (unpaired) electrons. The zero-order valence-electron chi connectivity index (χ0n) is 10.1. The van der Waals surface area contributed by atoms with Gasteiger partial charge in [-0.2, -0.15) is 4.80 Å². The lowest BCUT2D eigenvalue weighted by Crippen LogP contribution is -2.31. The number of aromatic nitrogens is 4. The smallest absolute Gasteiger partial charge is 0.486 e. The van der Waals surface area contributed by atoms with Gasteiger partial charge in [0, 0.05) is 5.46 Å². The fraction of sp³-hybridized carbons (Fsp3) is 0.300. The lowest BCUT2D eigenvalue weighted by atomic mass is 9.79. The lowest BCUT2D eigenvalue weighted by Gasteiger charge is -2.10. The van der Waals surface area contributed by atoms with Gasteiger partial charge in [-0.1, -0.05) is 17.7 Å². The van der Waals surface area contributed by atoms with Crippen LogP contribution in [0.5, 0.6) is 5.75 Å². The third-order valence-electron chi connectivity index (χ3n) is 2.35. The molecule has 1 aromatic heterocycles. The highest BCUT2D eigenvalue weighted by Gasteiger charge is 2.17. The van der Waals surface area contributed by atoms with Crippen LogP contribution in [0.25, 0.3) is 0 Å². The van der Waals surface area contributed by atoms with Crippen LogP contribution in [0.2, 0.25) is 0 Å². The highest BCUT2D eigenvalue weighted by Crippen LogP contribution is 2.11. The van der Waals surface area contributed by atoms with Gasteiger partial charge >= 0.3 is 7.12 Å². The summed E-state index contributed by atoms with van der Waals surface area (Å²) >= 11 is 0. The van der Waals surface area contributed by atoms with Gasteiger partial charge in [-0.3, -0.25) is 0 Å². The summed E-state index contributed by atoms with van der Waals surface area (Å²) in [5.41, 5.74) is 1.24. The van der Waals surface area contributed by atoms with Crippen LogP contribution in [-0.4, -0.2) is 37.4 Å². The van der Waals surface area contributed by atoms with Crippen molar-refractivity contribution < 1.29 is 14.8 Å². The molecular weight excluding hydrogens is 235 g/mol. The summed E-state index contributed by atoms with van der Waals surface area (Å²) in [5, 5.41) is 29.9. The molecule has 2 aromatic rings. The van der Waals surface area contributed by atoms with Crippen molar-refractivity contribution in [3.05, 3.63) is 29.6 Å². The van der Waals surface area contributed by atoms with E-state index in [1.54, 1.807) is 19.2 Å². The van der Waals surface area contributed by atoms with Crippen LogP contribution in [0.4, 0.5) is 0 Å². The van der Waals surface area contributed by atoms with Gasteiger partial charge in [0.15, 0.2) is 6.61 Å². The molecule has 7 nitrogen and oxygen atoms in total. The third kappa shape index (κ3) is 2.85. The number of tetrazole rings is 1. The fourth-order valence-corrected chi connectivity index (χ4v) is 1.52. The molecule has 0 saturated heterocycles. The number of hydrogen-bond acceptors (Lipinski definition) is 6. The van der Waals surface area contributed by atoms with Gasteiger partial charge in [-0.25, -0.2) is 0 Å². The summed E-state index contributed by atoms with van der Waals surface area (Å²) in [6.07, 6.45) is 0. The van der Waals surface area contributed by atoms with E-state index in [2.05, 4.69) is 15.4 Å². The van der Waals surface area contributed by atoms with E-state index < -0.39 is 7.12 Å². The number of rotatable bonds is 4. The zero-order chi connectivity index (χ0) is 13.1. The van der Waals surface area contributed by atoms with Crippen LogP contribution in [0.1, 0.15) is 11.4 Å². The van der Waals surface area contributed by atoms with Gasteiger partial charge in [0.25, 0.3) is 0 Å². The standard InChI is InChI=1S/C10H13BN4O3/c1-7-3-4-9(8(5-7)11(16)17)18-6-10-12-14-15(2)13-10/h3-5,16-17H,6H2,1-2H3. The Morgan fingerprint density at radius 1 is 1.39 bits per heavy atom. The summed E-state index contributed by atoms with van der Waals surface area (Å²) in [5.74, 6) is 0.819. The van der Waals surface area contributed by atoms with Crippen molar-refractivity contribution in [1.29, 1.82) is 0 Å². The number of hydrogen-bond donors (Lipinski definition) is 2. The number of nitrogens with zero attached hydrogens (tertiary/aromatic N) is 4. The van der Waals surface area contributed by atoms with E-state index in [1.807, 2.05) is 13.0 Å². The van der Waals surface area contributed by atoms with Gasteiger partial charge in [0.2, 0.25) is 5.82 Å². The van der Waals surface area contributed by atoms with Crippen molar-refractivity contribution in [3.8, 4) is 5.75 Å². The maximum absolute atomic E-state index is 9.26. The Hall–Kier alpha value is -1.93. The first-order chi connectivity index (χ1) is 8.56. The van der Waals surface area contributed by atoms with Crippen LogP contribution in [-0.2, 0) is 13.7 Å². The summed E-state index contributed by atoms with van der Waals surface area (Å²) in [4.78, 5) is 1.33. The van der Waals surface area contributed by atoms with Crippen LogP contribution in [0.15, 0.2) is 18.2 Å². The quantitative estimate of drug-likeness (QED) is 0.658. The van der Waals surface area contributed by atoms with Crippen molar-refractivity contribution in [3.63, 3.8) is 0 Å². The predicted molar refractivity (Wildman–Crippen MR) is 64.1 cm³/mol. The molecule has 1 aromatic carbocycles. The molecule has 0 amide bonds. The van der Waals surface area contributed by atoms with E-state index in [-0.39, 0.29) is 6.61 Å². The molecule has 0 aliphatic carbocycles. The van der Waals surface area contributed by atoms with Crippen molar-refractivity contribution in [2.75, 3.05) is 0 Å². The number of ether oxygens (including phenoxy) is 1. The van der Waals surface area contributed by atoms with Crippen LogP contribution in [0, 0.1) is 6.92 Å². The Morgan fingerprint density at radius 3 is 2.78 bits per heavy atom. The molecule has 0 atom stereocenters. The Balaban J connectivity index is 2.13. The maximum Gasteiger partial charge on any atom is 0.492 e. The largest absolute Gasteiger partial charge is 0.492 e. The predicted octanol–water partition coefficient (Wildman–Crippen LogP) is -1.22. The topological polar surface area (TPSA) is 93.3 Å². The first-order valence-corrected chi connectivity index (χ1v) is 5.38. The van der Waals surface area contributed by atoms with Crippen LogP contribution < -0.4 is 10.2 Å². The average Bonchev–Trinajstić information content (AvgIpc) is 2.73. The molecule has 0 aliphatic heterocycles. The fourth-order valence-electron chi connectivity index (χ4n) is 1.52. The maximum atomic E-state index is 9.26. The van der Waals surface area contributed by atoms with Crippen molar-refractivity contribution in [1.82, 2.24) is 20.2 Å². The molecule has 0 fully saturated rings. The minimum Gasteiger partial charge on any atom is -0.486 e. The molecule has 0 bridgehead atoms. The second-order valence-corrected chi connectivity index (χ2v) is 3.90. The van der Waals surface area contributed by atoms with E-state index in [4.69, 9.17) is 4.74 Å². The molecular formula is C10H13BN4O3. The molecule has 94 valence electrons. The van der Waals surface area contributed by atoms with Crippen molar-refractivity contribution in [2.24, 2.45) is 7.05 Å². The van der Waals surface area contributed by atoms with Crippen molar-refractivity contribution in [2.45, 2.75) is 13.5 Å². The Morgan fingerprint density at radius 2 is 2.17 bits per heavy atom. The lowest BCUT2D eigenvalue weighted by molar-refractivity contribution is 0.296. The molecule has 1 heterocycles. The third-order valence-corrected chi connectivity index (χ3v) is 2.35. The summed E-state index contributed by atoms with van der Waals surface area (Å²) in [6, 6.07) is 5.16. The van der Waals surface area contributed by atoms with Gasteiger partial charge in [-0.05, 0) is 18.2 Å². The van der Waals surface area contributed by atoms with E-state index in [9.17, 15) is 10.0 Å². The molecule has 8 heteroatoms. The number of benzene rings is 1. The first kappa shape index (κ1) is 12.5. The average molecular weight is 248 g/mol. The summed E-state index contributed by atoms with van der Waals surface area (Å²) < 4.78 is 5.45. The molecule has 0 unspecified atom stereocenters. The highest BCUT2D eigenvalue weighted by atomic mass is 16.5. The van der Waals surface area contributed by atoms with Crippen LogP contribution >= 0.6 is 0 Å². The van der Waals surface area contributed by atoms with Gasteiger partial charge in [0.05, 0.1) is 7.05 Å². The Kier molecular flexibility index (Phi) is 3.59. The van der Waals surface area contributed by atoms with Gasteiger partial charge in [-0.15, -0.1) is 10.2 Å². The highest BCUT2D eigenvalue weighted by molar-refractivity contribution is 6.59. The molecule has 2 N–H and O–H groups in total. The summed E-state index contributed by atoms with van der Waals surface area (Å²) in [7, 11) is 0.0837. The zero-order valence-corrected chi connectivity index (χ0v) is 10.1. The number of aryl methyl sites for hydroxylation is 2. The minimum atomic E-state index is -1.57. The molecule has 2 rings (SSSR count). The molecule has 0 saturated carbocycles. The Bertz CT molecular complexity index is 544. The minimum absolute atomic E-state index is 0.122. The molecule has 0 spiro atoms.